The van der Waals surface area contributed by atoms with Crippen molar-refractivity contribution in [3.05, 3.63) is 41.7 Å². The molecule has 1 aromatic carbocycles. The van der Waals surface area contributed by atoms with Crippen molar-refractivity contribution in [1.82, 2.24) is 15.3 Å². The molecule has 1 aromatic heterocycles. The smallest absolute Gasteiger partial charge is 0.258 e. The van der Waals surface area contributed by atoms with Gasteiger partial charge in [0.2, 0.25) is 5.95 Å². The molecular weight excluding hydrogens is 344 g/mol. The van der Waals surface area contributed by atoms with Gasteiger partial charge in [-0.05, 0) is 44.4 Å². The molecule has 1 fully saturated rings. The summed E-state index contributed by atoms with van der Waals surface area (Å²) in [5.41, 5.74) is 1.70. The topological polar surface area (TPSA) is 76.6 Å². The van der Waals surface area contributed by atoms with Crippen LogP contribution in [0.3, 0.4) is 0 Å². The van der Waals surface area contributed by atoms with Gasteiger partial charge in [-0.2, -0.15) is 0 Å². The Labute approximate surface area is 159 Å². The number of anilines is 1. The van der Waals surface area contributed by atoms with Crippen LogP contribution in [-0.4, -0.2) is 42.7 Å². The van der Waals surface area contributed by atoms with Crippen molar-refractivity contribution in [1.29, 1.82) is 0 Å². The van der Waals surface area contributed by atoms with Crippen LogP contribution >= 0.6 is 0 Å². The third-order valence-electron chi connectivity index (χ3n) is 4.43. The van der Waals surface area contributed by atoms with Gasteiger partial charge in [0.05, 0.1) is 19.3 Å². The molecule has 0 bridgehead atoms. The zero-order valence-corrected chi connectivity index (χ0v) is 15.9. The maximum atomic E-state index is 12.1. The standard InChI is InChI=1S/C20H26N4O3/c1-15-12-16(23-20(22-15)24-10-6-3-7-11-24)13-21-19(25)14-27-18-9-5-4-8-17(18)26-2/h4-5,8-9,12H,3,6-7,10-11,13-14H2,1-2H3,(H,21,25). The van der Waals surface area contributed by atoms with Crippen LogP contribution in [0.2, 0.25) is 0 Å². The van der Waals surface area contributed by atoms with Crippen molar-refractivity contribution in [2.75, 3.05) is 31.7 Å². The van der Waals surface area contributed by atoms with Crippen LogP contribution in [0.5, 0.6) is 11.5 Å². The van der Waals surface area contributed by atoms with E-state index in [4.69, 9.17) is 9.47 Å². The molecule has 0 radical (unpaired) electrons. The fourth-order valence-corrected chi connectivity index (χ4v) is 3.06. The van der Waals surface area contributed by atoms with Gasteiger partial charge in [0, 0.05) is 18.8 Å². The van der Waals surface area contributed by atoms with Gasteiger partial charge in [0.1, 0.15) is 0 Å². The van der Waals surface area contributed by atoms with E-state index in [0.717, 1.165) is 30.4 Å². The van der Waals surface area contributed by atoms with E-state index in [2.05, 4.69) is 20.2 Å². The predicted molar refractivity (Wildman–Crippen MR) is 103 cm³/mol. The lowest BCUT2D eigenvalue weighted by molar-refractivity contribution is -0.123. The van der Waals surface area contributed by atoms with Crippen molar-refractivity contribution in [2.45, 2.75) is 32.7 Å². The van der Waals surface area contributed by atoms with Crippen LogP contribution < -0.4 is 19.7 Å². The minimum Gasteiger partial charge on any atom is -0.493 e. The van der Waals surface area contributed by atoms with Crippen LogP contribution in [0.1, 0.15) is 30.7 Å². The zero-order chi connectivity index (χ0) is 19.1. The van der Waals surface area contributed by atoms with Gasteiger partial charge in [-0.15, -0.1) is 0 Å². The van der Waals surface area contributed by atoms with Gasteiger partial charge in [-0.25, -0.2) is 9.97 Å². The van der Waals surface area contributed by atoms with E-state index < -0.39 is 0 Å². The summed E-state index contributed by atoms with van der Waals surface area (Å²) in [6.45, 7) is 4.19. The van der Waals surface area contributed by atoms with Crippen molar-refractivity contribution in [2.24, 2.45) is 0 Å². The second kappa shape index (κ2) is 9.21. The molecule has 7 heteroatoms. The number of rotatable bonds is 7. The van der Waals surface area contributed by atoms with Crippen molar-refractivity contribution < 1.29 is 14.3 Å². The Morgan fingerprint density at radius 1 is 1.15 bits per heavy atom. The Hall–Kier alpha value is -2.83. The van der Waals surface area contributed by atoms with Gasteiger partial charge >= 0.3 is 0 Å². The maximum absolute atomic E-state index is 12.1. The number of hydrogen-bond acceptors (Lipinski definition) is 6. The summed E-state index contributed by atoms with van der Waals surface area (Å²) < 4.78 is 10.8. The first-order valence-electron chi connectivity index (χ1n) is 9.28. The first-order chi connectivity index (χ1) is 13.2. The molecule has 1 amide bonds. The van der Waals surface area contributed by atoms with Gasteiger partial charge in [-0.3, -0.25) is 4.79 Å². The summed E-state index contributed by atoms with van der Waals surface area (Å²) in [7, 11) is 1.57. The number of methoxy groups -OCH3 is 1. The van der Waals surface area contributed by atoms with Crippen molar-refractivity contribution in [3.8, 4) is 11.5 Å². The molecular formula is C20H26N4O3. The number of carbonyl (C=O) groups is 1. The second-order valence-corrected chi connectivity index (χ2v) is 6.56. The van der Waals surface area contributed by atoms with E-state index in [-0.39, 0.29) is 12.5 Å². The SMILES string of the molecule is COc1ccccc1OCC(=O)NCc1cc(C)nc(N2CCCCC2)n1. The Morgan fingerprint density at radius 2 is 1.89 bits per heavy atom. The van der Waals surface area contributed by atoms with Crippen LogP contribution in [0.4, 0.5) is 5.95 Å². The van der Waals surface area contributed by atoms with Crippen LogP contribution in [0.15, 0.2) is 30.3 Å². The molecule has 1 N–H and O–H groups in total. The van der Waals surface area contributed by atoms with E-state index in [1.54, 1.807) is 19.2 Å². The monoisotopic (exact) mass is 370 g/mol. The molecule has 2 heterocycles. The van der Waals surface area contributed by atoms with Gasteiger partial charge in [0.15, 0.2) is 18.1 Å². The average molecular weight is 370 g/mol. The minimum atomic E-state index is -0.211. The summed E-state index contributed by atoms with van der Waals surface area (Å²) in [6, 6.07) is 9.14. The Kier molecular flexibility index (Phi) is 6.46. The Bertz CT molecular complexity index is 776. The second-order valence-electron chi connectivity index (χ2n) is 6.56. The summed E-state index contributed by atoms with van der Waals surface area (Å²) in [5.74, 6) is 1.68. The number of ether oxygens (including phenoxy) is 2. The first-order valence-corrected chi connectivity index (χ1v) is 9.28. The van der Waals surface area contributed by atoms with Crippen LogP contribution in [0.25, 0.3) is 0 Å². The van der Waals surface area contributed by atoms with E-state index in [9.17, 15) is 4.79 Å². The Balaban J connectivity index is 1.54. The molecule has 0 unspecified atom stereocenters. The number of benzene rings is 1. The first kappa shape index (κ1) is 18.9. The number of nitrogens with one attached hydrogen (secondary N) is 1. The highest BCUT2D eigenvalue weighted by molar-refractivity contribution is 5.77. The fraction of sp³-hybridized carbons (Fsp3) is 0.450. The quantitative estimate of drug-likeness (QED) is 0.807. The fourth-order valence-electron chi connectivity index (χ4n) is 3.06. The largest absolute Gasteiger partial charge is 0.493 e. The lowest BCUT2D eigenvalue weighted by Crippen LogP contribution is -2.32. The van der Waals surface area contributed by atoms with E-state index in [0.29, 0.717) is 18.0 Å². The lowest BCUT2D eigenvalue weighted by Gasteiger charge is -2.27. The maximum Gasteiger partial charge on any atom is 0.258 e. The highest BCUT2D eigenvalue weighted by Crippen LogP contribution is 2.25. The predicted octanol–water partition coefficient (Wildman–Crippen LogP) is 2.48. The summed E-state index contributed by atoms with van der Waals surface area (Å²) in [5, 5.41) is 2.85. The third kappa shape index (κ3) is 5.32. The van der Waals surface area contributed by atoms with Crippen molar-refractivity contribution in [3.63, 3.8) is 0 Å². The molecule has 0 spiro atoms. The lowest BCUT2D eigenvalue weighted by atomic mass is 10.1. The molecule has 0 aliphatic carbocycles. The molecule has 7 nitrogen and oxygen atoms in total. The molecule has 3 rings (SSSR count). The third-order valence-corrected chi connectivity index (χ3v) is 4.43. The number of hydrogen-bond donors (Lipinski definition) is 1. The number of nitrogens with zero attached hydrogens (tertiary/aromatic N) is 3. The number of aromatic nitrogens is 2. The molecule has 144 valence electrons. The molecule has 1 aliphatic heterocycles. The van der Waals surface area contributed by atoms with Gasteiger partial charge in [-0.1, -0.05) is 12.1 Å². The number of aryl methyl sites for hydroxylation is 1. The van der Waals surface area contributed by atoms with Crippen LogP contribution in [0, 0.1) is 6.92 Å². The molecule has 2 aromatic rings. The number of piperidine rings is 1. The van der Waals surface area contributed by atoms with E-state index >= 15 is 0 Å². The summed E-state index contributed by atoms with van der Waals surface area (Å²) in [6.07, 6.45) is 3.60. The highest BCUT2D eigenvalue weighted by Gasteiger charge is 2.15. The van der Waals surface area contributed by atoms with Gasteiger partial charge in [0.25, 0.3) is 5.91 Å². The van der Waals surface area contributed by atoms with E-state index in [1.807, 2.05) is 25.1 Å². The van der Waals surface area contributed by atoms with Crippen LogP contribution in [-0.2, 0) is 11.3 Å². The number of para-hydroxylation sites is 2. The minimum absolute atomic E-state index is 0.0799. The number of amides is 1. The average Bonchev–Trinajstić information content (AvgIpc) is 2.71. The molecule has 1 aliphatic rings. The van der Waals surface area contributed by atoms with Gasteiger partial charge < -0.3 is 19.7 Å². The molecule has 1 saturated heterocycles. The Morgan fingerprint density at radius 3 is 2.63 bits per heavy atom. The number of carbonyl (C=O) groups excluding carboxylic acids is 1. The summed E-state index contributed by atoms with van der Waals surface area (Å²) in [4.78, 5) is 23.5. The molecule has 27 heavy (non-hydrogen) atoms. The van der Waals surface area contributed by atoms with E-state index in [1.165, 1.54) is 19.3 Å². The zero-order valence-electron chi connectivity index (χ0n) is 15.9. The molecule has 0 atom stereocenters. The molecule has 0 saturated carbocycles. The summed E-state index contributed by atoms with van der Waals surface area (Å²) >= 11 is 0. The van der Waals surface area contributed by atoms with Crippen molar-refractivity contribution >= 4 is 11.9 Å². The highest BCUT2D eigenvalue weighted by atomic mass is 16.5. The normalized spacial score (nSPS) is 13.9.